The summed E-state index contributed by atoms with van der Waals surface area (Å²) in [5, 5.41) is 12.2. The van der Waals surface area contributed by atoms with Crippen LogP contribution in [0.4, 0.5) is 5.69 Å². The third kappa shape index (κ3) is 3.70. The van der Waals surface area contributed by atoms with Gasteiger partial charge in [0.25, 0.3) is 0 Å². The second-order valence-corrected chi connectivity index (χ2v) is 3.84. The fourth-order valence-electron chi connectivity index (χ4n) is 0.974. The highest BCUT2D eigenvalue weighted by Gasteiger charge is 1.95. The molecule has 0 aliphatic rings. The lowest BCUT2D eigenvalue weighted by atomic mass is 10.3. The SMILES string of the molecule is CSc1ccc(NCC(C)O)cc1. The Labute approximate surface area is 83.4 Å². The molecule has 1 atom stereocenters. The number of benzene rings is 1. The van der Waals surface area contributed by atoms with Crippen molar-refractivity contribution < 1.29 is 5.11 Å². The molecule has 0 spiro atoms. The molecule has 2 nitrogen and oxygen atoms in total. The smallest absolute Gasteiger partial charge is 0.0684 e. The van der Waals surface area contributed by atoms with E-state index in [9.17, 15) is 0 Å². The number of aliphatic hydroxyl groups is 1. The standard InChI is InChI=1S/C10H15NOS/c1-8(12)7-11-9-3-5-10(13-2)6-4-9/h3-6,8,11-12H,7H2,1-2H3. The lowest BCUT2D eigenvalue weighted by Crippen LogP contribution is -2.15. The predicted molar refractivity (Wildman–Crippen MR) is 58.4 cm³/mol. The molecule has 0 aliphatic carbocycles. The summed E-state index contributed by atoms with van der Waals surface area (Å²) in [6.45, 7) is 2.36. The van der Waals surface area contributed by atoms with Gasteiger partial charge in [-0.1, -0.05) is 0 Å². The monoisotopic (exact) mass is 197 g/mol. The lowest BCUT2D eigenvalue weighted by Gasteiger charge is -2.08. The van der Waals surface area contributed by atoms with Crippen LogP contribution in [0.2, 0.25) is 0 Å². The molecule has 1 aromatic rings. The molecular weight excluding hydrogens is 182 g/mol. The average Bonchev–Trinajstić information content (AvgIpc) is 2.15. The second kappa shape index (κ2) is 5.14. The maximum absolute atomic E-state index is 9.05. The molecule has 0 heterocycles. The first-order valence-corrected chi connectivity index (χ1v) is 5.51. The summed E-state index contributed by atoms with van der Waals surface area (Å²) < 4.78 is 0. The first-order valence-electron chi connectivity index (χ1n) is 4.28. The molecule has 13 heavy (non-hydrogen) atoms. The highest BCUT2D eigenvalue weighted by atomic mass is 32.2. The molecule has 1 rings (SSSR count). The number of nitrogens with one attached hydrogen (secondary N) is 1. The van der Waals surface area contributed by atoms with Crippen molar-refractivity contribution >= 4 is 17.4 Å². The minimum absolute atomic E-state index is 0.305. The van der Waals surface area contributed by atoms with Crippen LogP contribution in [0, 0.1) is 0 Å². The molecule has 0 aliphatic heterocycles. The number of hydrogen-bond donors (Lipinski definition) is 2. The van der Waals surface area contributed by atoms with Gasteiger partial charge < -0.3 is 10.4 Å². The van der Waals surface area contributed by atoms with Crippen molar-refractivity contribution in [2.75, 3.05) is 18.1 Å². The molecule has 0 saturated heterocycles. The molecule has 0 radical (unpaired) electrons. The maximum Gasteiger partial charge on any atom is 0.0684 e. The van der Waals surface area contributed by atoms with Crippen LogP contribution in [0.3, 0.4) is 0 Å². The van der Waals surface area contributed by atoms with E-state index < -0.39 is 0 Å². The number of anilines is 1. The van der Waals surface area contributed by atoms with Crippen LogP contribution < -0.4 is 5.32 Å². The summed E-state index contributed by atoms with van der Waals surface area (Å²) in [6.07, 6.45) is 1.75. The van der Waals surface area contributed by atoms with Crippen molar-refractivity contribution in [1.82, 2.24) is 0 Å². The topological polar surface area (TPSA) is 32.3 Å². The first-order chi connectivity index (χ1) is 6.22. The van der Waals surface area contributed by atoms with Crippen LogP contribution >= 0.6 is 11.8 Å². The van der Waals surface area contributed by atoms with Gasteiger partial charge >= 0.3 is 0 Å². The van der Waals surface area contributed by atoms with E-state index >= 15 is 0 Å². The molecule has 1 aromatic carbocycles. The van der Waals surface area contributed by atoms with Gasteiger partial charge in [-0.2, -0.15) is 0 Å². The number of thioether (sulfide) groups is 1. The van der Waals surface area contributed by atoms with Gasteiger partial charge in [0.2, 0.25) is 0 Å². The lowest BCUT2D eigenvalue weighted by molar-refractivity contribution is 0.208. The third-order valence-corrected chi connectivity index (χ3v) is 2.44. The molecule has 72 valence electrons. The molecule has 0 amide bonds. The number of hydrogen-bond acceptors (Lipinski definition) is 3. The fraction of sp³-hybridized carbons (Fsp3) is 0.400. The van der Waals surface area contributed by atoms with Gasteiger partial charge in [0.05, 0.1) is 6.10 Å². The van der Waals surface area contributed by atoms with Gasteiger partial charge in [0, 0.05) is 17.1 Å². The van der Waals surface area contributed by atoms with Crippen molar-refractivity contribution in [3.05, 3.63) is 24.3 Å². The Morgan fingerprint density at radius 1 is 1.38 bits per heavy atom. The van der Waals surface area contributed by atoms with Crippen LogP contribution in [0.15, 0.2) is 29.2 Å². The largest absolute Gasteiger partial charge is 0.392 e. The number of aliphatic hydroxyl groups excluding tert-OH is 1. The van der Waals surface area contributed by atoms with Gasteiger partial charge in [-0.05, 0) is 37.4 Å². The van der Waals surface area contributed by atoms with Crippen LogP contribution in [0.5, 0.6) is 0 Å². The number of rotatable bonds is 4. The van der Waals surface area contributed by atoms with Crippen molar-refractivity contribution in [1.29, 1.82) is 0 Å². The molecule has 0 saturated carbocycles. The van der Waals surface area contributed by atoms with Crippen molar-refractivity contribution in [3.8, 4) is 0 Å². The Morgan fingerprint density at radius 3 is 2.46 bits per heavy atom. The highest BCUT2D eigenvalue weighted by molar-refractivity contribution is 7.98. The molecule has 0 fully saturated rings. The summed E-state index contributed by atoms with van der Waals surface area (Å²) in [5.74, 6) is 0. The van der Waals surface area contributed by atoms with E-state index in [1.54, 1.807) is 18.7 Å². The van der Waals surface area contributed by atoms with Gasteiger partial charge in [-0.25, -0.2) is 0 Å². The molecular formula is C10H15NOS. The summed E-state index contributed by atoms with van der Waals surface area (Å²) >= 11 is 1.72. The van der Waals surface area contributed by atoms with E-state index in [0.29, 0.717) is 6.54 Å². The first kappa shape index (κ1) is 10.4. The van der Waals surface area contributed by atoms with Gasteiger partial charge in [0.15, 0.2) is 0 Å². The van der Waals surface area contributed by atoms with E-state index in [4.69, 9.17) is 5.11 Å². The van der Waals surface area contributed by atoms with Crippen LogP contribution in [0.25, 0.3) is 0 Å². The zero-order valence-electron chi connectivity index (χ0n) is 7.95. The zero-order valence-corrected chi connectivity index (χ0v) is 8.77. The second-order valence-electron chi connectivity index (χ2n) is 2.96. The molecule has 0 aromatic heterocycles. The van der Waals surface area contributed by atoms with Crippen molar-refractivity contribution in [3.63, 3.8) is 0 Å². The average molecular weight is 197 g/mol. The maximum atomic E-state index is 9.05. The minimum atomic E-state index is -0.305. The molecule has 1 unspecified atom stereocenters. The minimum Gasteiger partial charge on any atom is -0.392 e. The van der Waals surface area contributed by atoms with Crippen LogP contribution in [0.1, 0.15) is 6.92 Å². The molecule has 3 heteroatoms. The van der Waals surface area contributed by atoms with Crippen molar-refractivity contribution in [2.24, 2.45) is 0 Å². The van der Waals surface area contributed by atoms with Gasteiger partial charge in [-0.15, -0.1) is 11.8 Å². The van der Waals surface area contributed by atoms with Crippen LogP contribution in [-0.2, 0) is 0 Å². The zero-order chi connectivity index (χ0) is 9.68. The Kier molecular flexibility index (Phi) is 4.12. The summed E-state index contributed by atoms with van der Waals surface area (Å²) in [4.78, 5) is 1.25. The predicted octanol–water partition coefficient (Wildman–Crippen LogP) is 2.20. The summed E-state index contributed by atoms with van der Waals surface area (Å²) in [7, 11) is 0. The van der Waals surface area contributed by atoms with E-state index in [0.717, 1.165) is 5.69 Å². The Bertz CT molecular complexity index is 246. The quantitative estimate of drug-likeness (QED) is 0.726. The fourth-order valence-corrected chi connectivity index (χ4v) is 1.38. The van der Waals surface area contributed by atoms with Crippen LogP contribution in [-0.4, -0.2) is 24.0 Å². The normalized spacial score (nSPS) is 12.5. The Balaban J connectivity index is 2.49. The summed E-state index contributed by atoms with van der Waals surface area (Å²) in [6, 6.07) is 8.17. The van der Waals surface area contributed by atoms with E-state index in [2.05, 4.69) is 23.7 Å². The Morgan fingerprint density at radius 2 is 2.00 bits per heavy atom. The van der Waals surface area contributed by atoms with Crippen molar-refractivity contribution in [2.45, 2.75) is 17.9 Å². The van der Waals surface area contributed by atoms with Gasteiger partial charge in [-0.3, -0.25) is 0 Å². The highest BCUT2D eigenvalue weighted by Crippen LogP contribution is 2.17. The van der Waals surface area contributed by atoms with E-state index in [1.807, 2.05) is 12.1 Å². The van der Waals surface area contributed by atoms with E-state index in [1.165, 1.54) is 4.90 Å². The summed E-state index contributed by atoms with van der Waals surface area (Å²) in [5.41, 5.74) is 1.05. The molecule has 2 N–H and O–H groups in total. The third-order valence-electron chi connectivity index (χ3n) is 1.69. The molecule has 0 bridgehead atoms. The van der Waals surface area contributed by atoms with E-state index in [-0.39, 0.29) is 6.10 Å². The van der Waals surface area contributed by atoms with Gasteiger partial charge in [0.1, 0.15) is 0 Å². The Hall–Kier alpha value is -0.670.